The highest BCUT2D eigenvalue weighted by Gasteiger charge is 2.06. The van der Waals surface area contributed by atoms with Crippen LogP contribution >= 0.6 is 18.4 Å². The Hall–Kier alpha value is 0.130. The number of allylic oxidation sites excluding steroid dienone is 2. The summed E-state index contributed by atoms with van der Waals surface area (Å²) in [6, 6.07) is 0. The van der Waals surface area contributed by atoms with Crippen LogP contribution in [0.4, 0.5) is 0 Å². The van der Waals surface area contributed by atoms with E-state index in [0.717, 1.165) is 6.42 Å². The zero-order valence-corrected chi connectivity index (χ0v) is 6.45. The molecule has 0 saturated heterocycles. The lowest BCUT2D eigenvalue weighted by Crippen LogP contribution is -1.67. The summed E-state index contributed by atoms with van der Waals surface area (Å²) in [6.07, 6.45) is 5.31. The Morgan fingerprint density at radius 2 is 2.38 bits per heavy atom. The van der Waals surface area contributed by atoms with Crippen molar-refractivity contribution in [2.75, 3.05) is 6.16 Å². The zero-order chi connectivity index (χ0) is 6.41. The van der Waals surface area contributed by atoms with Crippen LogP contribution in [0, 0.1) is 0 Å². The van der Waals surface area contributed by atoms with Crippen molar-refractivity contribution in [1.29, 1.82) is 0 Å². The number of rotatable bonds is 3. The second-order valence-corrected chi connectivity index (χ2v) is 3.61. The van der Waals surface area contributed by atoms with Gasteiger partial charge in [-0.3, -0.25) is 0 Å². The van der Waals surface area contributed by atoms with Gasteiger partial charge in [0.1, 0.15) is 0 Å². The summed E-state index contributed by atoms with van der Waals surface area (Å²) < 4.78 is 10.2. The maximum absolute atomic E-state index is 10.2. The molecule has 0 amide bonds. The molecule has 0 aliphatic heterocycles. The van der Waals surface area contributed by atoms with Gasteiger partial charge in [-0.1, -0.05) is 16.7 Å². The summed E-state index contributed by atoms with van der Waals surface area (Å²) >= 11 is 5.19. The van der Waals surface area contributed by atoms with E-state index in [1.165, 1.54) is 0 Å². The van der Waals surface area contributed by atoms with Crippen molar-refractivity contribution in [2.45, 2.75) is 13.3 Å². The molecule has 1 nitrogen and oxygen atoms in total. The molecule has 0 spiro atoms. The molecule has 0 fully saturated rings. The molecule has 0 aromatic rings. The van der Waals surface area contributed by atoms with Crippen molar-refractivity contribution in [2.24, 2.45) is 0 Å². The van der Waals surface area contributed by atoms with Crippen LogP contribution in [-0.2, 0) is 4.57 Å². The van der Waals surface area contributed by atoms with Gasteiger partial charge < -0.3 is 0 Å². The van der Waals surface area contributed by atoms with E-state index >= 15 is 0 Å². The smallest absolute Gasteiger partial charge is 0.0915 e. The normalized spacial score (nSPS) is 12.5. The first-order valence-corrected chi connectivity index (χ1v) is 4.84. The van der Waals surface area contributed by atoms with Gasteiger partial charge in [0.05, 0.1) is 0 Å². The largest absolute Gasteiger partial charge is 0.455 e. The minimum Gasteiger partial charge on any atom is -0.0915 e. The minimum atomic E-state index is -1.44. The van der Waals surface area contributed by atoms with Crippen LogP contribution in [0.25, 0.3) is 0 Å². The van der Waals surface area contributed by atoms with Crippen LogP contribution in [0.3, 0.4) is 0 Å². The van der Waals surface area contributed by atoms with E-state index in [9.17, 15) is 4.57 Å². The third kappa shape index (κ3) is 6.13. The van der Waals surface area contributed by atoms with Crippen molar-refractivity contribution in [3.63, 3.8) is 0 Å². The number of hydrogen-bond acceptors (Lipinski definition) is 1. The highest BCUT2D eigenvalue weighted by Crippen LogP contribution is 2.26. The predicted molar refractivity (Wildman–Crippen MR) is 37.8 cm³/mol. The van der Waals surface area contributed by atoms with E-state index in [1.807, 2.05) is 19.1 Å². The molecule has 0 aliphatic carbocycles. The first-order valence-electron chi connectivity index (χ1n) is 2.49. The molecule has 0 rings (SSSR count). The second kappa shape index (κ2) is 5.27. The first kappa shape index (κ1) is 8.13. The van der Waals surface area contributed by atoms with Crippen LogP contribution in [0.2, 0.25) is 0 Å². The molecule has 0 aromatic carbocycles. The van der Waals surface area contributed by atoms with E-state index in [0.29, 0.717) is 6.16 Å². The molecule has 3 heteroatoms. The molecule has 0 radical (unpaired) electrons. The quantitative estimate of drug-likeness (QED) is 0.448. The van der Waals surface area contributed by atoms with Gasteiger partial charge in [-0.15, -0.1) is 0 Å². The molecule has 0 aromatic heterocycles. The Morgan fingerprint density at radius 3 is 2.75 bits per heavy atom. The van der Waals surface area contributed by atoms with Gasteiger partial charge in [-0.2, -0.15) is 0 Å². The molecule has 1 unspecified atom stereocenters. The van der Waals surface area contributed by atoms with E-state index in [2.05, 4.69) is 0 Å². The van der Waals surface area contributed by atoms with Crippen molar-refractivity contribution in [3.05, 3.63) is 12.2 Å². The predicted octanol–water partition coefficient (Wildman–Crippen LogP) is 2.93. The highest BCUT2D eigenvalue weighted by atomic mass is 35.7. The Labute approximate surface area is 55.3 Å². The average Bonchev–Trinajstić information content (AvgIpc) is 1.66. The van der Waals surface area contributed by atoms with Crippen LogP contribution in [0.1, 0.15) is 13.3 Å². The molecule has 0 N–H and O–H groups in total. The molecule has 1 atom stereocenters. The van der Waals surface area contributed by atoms with Crippen molar-refractivity contribution in [3.8, 4) is 0 Å². The Bertz CT molecular complexity index is 101. The van der Waals surface area contributed by atoms with E-state index in [-0.39, 0.29) is 0 Å². The van der Waals surface area contributed by atoms with E-state index < -0.39 is 7.15 Å². The molecule has 46 valence electrons. The summed E-state index contributed by atoms with van der Waals surface area (Å²) in [5.41, 5.74) is 0. The van der Waals surface area contributed by atoms with Gasteiger partial charge >= 0.3 is 7.15 Å². The van der Waals surface area contributed by atoms with E-state index in [1.54, 1.807) is 0 Å². The van der Waals surface area contributed by atoms with Crippen LogP contribution in [0.15, 0.2) is 12.2 Å². The maximum atomic E-state index is 10.2. The van der Waals surface area contributed by atoms with Gasteiger partial charge in [0.25, 0.3) is 0 Å². The zero-order valence-electron chi connectivity index (χ0n) is 4.80. The summed E-state index contributed by atoms with van der Waals surface area (Å²) in [5, 5.41) is 0. The molecular formula is C5H9ClOP+. The Morgan fingerprint density at radius 1 is 1.75 bits per heavy atom. The van der Waals surface area contributed by atoms with E-state index in [4.69, 9.17) is 11.2 Å². The molecule has 0 heterocycles. The molecule has 0 saturated carbocycles. The number of hydrogen-bond donors (Lipinski definition) is 0. The number of halogens is 1. The van der Waals surface area contributed by atoms with Crippen LogP contribution < -0.4 is 0 Å². The monoisotopic (exact) mass is 151 g/mol. The first-order chi connectivity index (χ1) is 3.77. The van der Waals surface area contributed by atoms with Gasteiger partial charge in [0.15, 0.2) is 6.16 Å². The van der Waals surface area contributed by atoms with Crippen molar-refractivity contribution >= 4 is 18.4 Å². The average molecular weight is 152 g/mol. The fourth-order valence-corrected chi connectivity index (χ4v) is 0.988. The fraction of sp³-hybridized carbons (Fsp3) is 0.600. The van der Waals surface area contributed by atoms with Crippen LogP contribution in [-0.4, -0.2) is 6.16 Å². The Kier molecular flexibility index (Phi) is 5.36. The lowest BCUT2D eigenvalue weighted by molar-refractivity contribution is 0.595. The Balaban J connectivity index is 3.05. The highest BCUT2D eigenvalue weighted by molar-refractivity contribution is 7.73. The van der Waals surface area contributed by atoms with Crippen LogP contribution in [0.5, 0.6) is 0 Å². The molecule has 0 aliphatic rings. The molecular weight excluding hydrogens is 142 g/mol. The molecule has 8 heavy (non-hydrogen) atoms. The summed E-state index contributed by atoms with van der Waals surface area (Å²) in [6.45, 7) is 1.93. The van der Waals surface area contributed by atoms with Crippen molar-refractivity contribution < 1.29 is 4.57 Å². The second-order valence-electron chi connectivity index (χ2n) is 1.40. The van der Waals surface area contributed by atoms with Gasteiger partial charge in [0, 0.05) is 6.42 Å². The lowest BCUT2D eigenvalue weighted by atomic mass is 10.4. The van der Waals surface area contributed by atoms with Gasteiger partial charge in [0.2, 0.25) is 11.2 Å². The maximum Gasteiger partial charge on any atom is 0.455 e. The summed E-state index contributed by atoms with van der Waals surface area (Å²) in [7, 11) is -1.44. The SMILES string of the molecule is CC=CCC[P+](=O)Cl. The lowest BCUT2D eigenvalue weighted by Gasteiger charge is -1.72. The van der Waals surface area contributed by atoms with Gasteiger partial charge in [-0.25, -0.2) is 0 Å². The third-order valence-electron chi connectivity index (χ3n) is 0.707. The van der Waals surface area contributed by atoms with Crippen molar-refractivity contribution in [1.82, 2.24) is 0 Å². The van der Waals surface area contributed by atoms with Gasteiger partial charge in [-0.05, 0) is 6.92 Å². The standard InChI is InChI=1S/C5H9ClOP/c1-2-3-4-5-8(6)7/h2-3H,4-5H2,1H3/q+1. The molecule has 0 bridgehead atoms. The minimum absolute atomic E-state index is 0.598. The third-order valence-corrected chi connectivity index (χ3v) is 1.82. The summed E-state index contributed by atoms with van der Waals surface area (Å²) in [5.74, 6) is 0. The summed E-state index contributed by atoms with van der Waals surface area (Å²) in [4.78, 5) is 0. The fourth-order valence-electron chi connectivity index (χ4n) is 0.343. The topological polar surface area (TPSA) is 17.1 Å².